The molecular weight excluding hydrogens is 1050 g/mol. The topological polar surface area (TPSA) is 291 Å². The second kappa shape index (κ2) is 23.4. The van der Waals surface area contributed by atoms with Crippen molar-refractivity contribution in [2.75, 3.05) is 19.8 Å². The number of carbonyl (C=O) groups is 3. The summed E-state index contributed by atoms with van der Waals surface area (Å²) in [5.41, 5.74) is 1.71. The predicted octanol–water partition coefficient (Wildman–Crippen LogP) is 8.91. The molecule has 2 fully saturated rings. The number of nitrogens with zero attached hydrogens (tertiary/aromatic N) is 8. The van der Waals surface area contributed by atoms with Gasteiger partial charge in [0, 0.05) is 34.5 Å². The maximum Gasteiger partial charge on any atom is 0.695 e. The van der Waals surface area contributed by atoms with Gasteiger partial charge in [0.2, 0.25) is 5.91 Å². The number of benzene rings is 1. The van der Waals surface area contributed by atoms with Crippen LogP contribution in [0.2, 0.25) is 36.3 Å². The molecule has 3 N–H and O–H groups in total. The van der Waals surface area contributed by atoms with E-state index in [1.165, 1.54) is 12.7 Å². The highest BCUT2D eigenvalue weighted by atomic mass is 31.2. The summed E-state index contributed by atoms with van der Waals surface area (Å²) in [7, 11) is -13.6. The van der Waals surface area contributed by atoms with E-state index < -0.39 is 93.6 Å². The minimum Gasteiger partial charge on any atom is -0.411 e. The first-order chi connectivity index (χ1) is 35.6. The minimum absolute atomic E-state index is 0.0489. The fourth-order valence-electron chi connectivity index (χ4n) is 9.19. The van der Waals surface area contributed by atoms with Gasteiger partial charge in [0.25, 0.3) is 0 Å². The first-order valence-electron chi connectivity index (χ1n) is 25.6. The molecule has 22 nitrogen and oxygen atoms in total. The molecule has 4 aromatic rings. The number of imidazole rings is 2. The lowest BCUT2D eigenvalue weighted by Crippen LogP contribution is -2.49. The first-order valence-corrected chi connectivity index (χ1v) is 34.0. The Balaban J connectivity index is 1.28. The zero-order chi connectivity index (χ0) is 55.7. The minimum atomic E-state index is -4.85. The zero-order valence-corrected chi connectivity index (χ0v) is 49.1. The Kier molecular flexibility index (Phi) is 18.2. The molecule has 0 saturated heterocycles. The standard InChI is InChI=1S/C50H71N9O13P2Si2/c1-30(2)48(63)57-39-24-38(62)41-47(56-39)59(29-55-41)35-21-32(25-60)43(71-75(9,10)49(3,4)5)44(35)70-74(66,67-20-16-19-51)68-26-33-22-36(45(42(33)69-73(64)65)72-76(11,12)50(6,7)8)58-28-54-40-34(52-27-53-46(40)58)23-37(61)31-17-14-13-15-18-31/h13-15,17-18,27-30,32-33,35-36,42-45,60H,16,20-26H2,1-12H3,(H-,56,57,62,63,64,65)/p+1/t32-,33-,35-,36-,42-,43-,44+,45+,74?/m1/s1. The first kappa shape index (κ1) is 59.1. The van der Waals surface area contributed by atoms with Crippen molar-refractivity contribution >= 4 is 73.0 Å². The summed E-state index contributed by atoms with van der Waals surface area (Å²) in [5, 5.41) is 22.7. The molecule has 1 aliphatic heterocycles. The largest absolute Gasteiger partial charge is 0.695 e. The van der Waals surface area contributed by atoms with Crippen LogP contribution in [-0.4, -0.2) is 123 Å². The van der Waals surface area contributed by atoms with Crippen molar-refractivity contribution < 1.29 is 60.5 Å². The highest BCUT2D eigenvalue weighted by Gasteiger charge is 2.57. The maximum absolute atomic E-state index is 15.6. The van der Waals surface area contributed by atoms with Gasteiger partial charge in [0.1, 0.15) is 29.9 Å². The number of carbonyl (C=O) groups excluding carboxylic acids is 3. The average molecular weight is 1130 g/mol. The number of aliphatic imine (C=N–C) groups is 1. The number of aromatic nitrogens is 6. The van der Waals surface area contributed by atoms with Crippen LogP contribution in [0.4, 0.5) is 5.82 Å². The van der Waals surface area contributed by atoms with Crippen LogP contribution >= 0.6 is 16.1 Å². The Hall–Kier alpha value is -4.61. The van der Waals surface area contributed by atoms with E-state index in [0.29, 0.717) is 22.4 Å². The average Bonchev–Trinajstić information content (AvgIpc) is 4.12. The van der Waals surface area contributed by atoms with Crippen LogP contribution in [-0.2, 0) is 47.3 Å². The van der Waals surface area contributed by atoms with Crippen molar-refractivity contribution in [1.82, 2.24) is 34.4 Å². The predicted molar refractivity (Wildman–Crippen MR) is 286 cm³/mol. The van der Waals surface area contributed by atoms with Gasteiger partial charge in [0.05, 0.1) is 81.2 Å². The third-order valence-electron chi connectivity index (χ3n) is 15.5. The number of amides is 1. The molecule has 0 bridgehead atoms. The van der Waals surface area contributed by atoms with Crippen LogP contribution in [0.5, 0.6) is 0 Å². The molecule has 0 spiro atoms. The number of aliphatic hydroxyl groups is 1. The molecule has 10 atom stereocenters. The monoisotopic (exact) mass is 1120 g/mol. The lowest BCUT2D eigenvalue weighted by atomic mass is 10.1. The number of hydrogen-bond donors (Lipinski definition) is 3. The van der Waals surface area contributed by atoms with Crippen molar-refractivity contribution in [3.05, 3.63) is 66.3 Å². The number of nitrogens with one attached hydrogen (secondary N) is 1. The van der Waals surface area contributed by atoms with E-state index in [9.17, 15) is 34.2 Å². The molecule has 2 saturated carbocycles. The number of nitriles is 1. The van der Waals surface area contributed by atoms with Crippen molar-refractivity contribution in [1.29, 1.82) is 5.26 Å². The highest BCUT2D eigenvalue weighted by molar-refractivity contribution is 7.48. The Morgan fingerprint density at radius 1 is 0.895 bits per heavy atom. The van der Waals surface area contributed by atoms with Gasteiger partial charge < -0.3 is 28.4 Å². The Morgan fingerprint density at radius 2 is 1.53 bits per heavy atom. The molecule has 76 heavy (non-hydrogen) atoms. The SMILES string of the molecule is CC(C)C(=O)NC1=Nc2c(ncn2[C@@H]2C[C@H](CO)[C@@H](O[Si](C)(C)C(C)(C)C)[C@H]2OP(=O)(OCCC#N)OC[C@H]2C[C@@H](n3cnc4c(CC(=O)c5ccccc5)ncnc43)[C@H](O[Si](C)(C)C(C)(C)C)[C@@H]2O[P+](=O)O)C(=O)C1. The summed E-state index contributed by atoms with van der Waals surface area (Å²) < 4.78 is 71.0. The summed E-state index contributed by atoms with van der Waals surface area (Å²) in [6.07, 6.45) is -0.0857. The third kappa shape index (κ3) is 12.9. The van der Waals surface area contributed by atoms with Crippen LogP contribution in [0.15, 0.2) is 54.3 Å². The molecule has 0 radical (unpaired) electrons. The van der Waals surface area contributed by atoms with E-state index >= 15 is 4.57 Å². The number of rotatable bonds is 21. The number of hydrogen-bond acceptors (Lipinski definition) is 18. The Morgan fingerprint density at radius 3 is 2.14 bits per heavy atom. The molecule has 412 valence electrons. The zero-order valence-electron chi connectivity index (χ0n) is 45.3. The number of Topliss-reactive ketones (excluding diaryl/α,β-unsaturated/α-hetero) is 2. The van der Waals surface area contributed by atoms with E-state index in [4.69, 9.17) is 36.9 Å². The van der Waals surface area contributed by atoms with Gasteiger partial charge in [-0.2, -0.15) is 5.26 Å². The lowest BCUT2D eigenvalue weighted by molar-refractivity contribution is -0.122. The molecule has 2 unspecified atom stereocenters. The van der Waals surface area contributed by atoms with Crippen molar-refractivity contribution in [2.45, 2.75) is 160 Å². The van der Waals surface area contributed by atoms with Gasteiger partial charge >= 0.3 is 16.1 Å². The van der Waals surface area contributed by atoms with Crippen LogP contribution in [0.1, 0.15) is 120 Å². The number of aliphatic hydroxyl groups excluding tert-OH is 1. The van der Waals surface area contributed by atoms with E-state index in [-0.39, 0.29) is 90.2 Å². The van der Waals surface area contributed by atoms with Crippen molar-refractivity contribution in [2.24, 2.45) is 22.7 Å². The van der Waals surface area contributed by atoms with Gasteiger partial charge in [-0.25, -0.2) is 29.5 Å². The molecule has 1 aromatic carbocycles. The number of phosphoric ester groups is 1. The number of phosphoric acid groups is 1. The lowest BCUT2D eigenvalue weighted by Gasteiger charge is -2.41. The van der Waals surface area contributed by atoms with Gasteiger partial charge in [-0.3, -0.25) is 28.0 Å². The van der Waals surface area contributed by atoms with E-state index in [1.54, 1.807) is 53.6 Å². The van der Waals surface area contributed by atoms with E-state index in [0.717, 1.165) is 0 Å². The van der Waals surface area contributed by atoms with Gasteiger partial charge in [-0.05, 0) is 49.1 Å². The third-order valence-corrected chi connectivity index (χ3v) is 26.3. The molecule has 4 heterocycles. The van der Waals surface area contributed by atoms with Gasteiger partial charge in [-0.1, -0.05) is 85.7 Å². The normalized spacial score (nSPS) is 24.3. The number of ketones is 2. The van der Waals surface area contributed by atoms with Gasteiger partial charge in [-0.15, -0.1) is 9.42 Å². The molecule has 7 rings (SSSR count). The van der Waals surface area contributed by atoms with Crippen molar-refractivity contribution in [3.8, 4) is 6.07 Å². The second-order valence-corrected chi connectivity index (χ2v) is 34.9. The van der Waals surface area contributed by atoms with E-state index in [2.05, 4.69) is 61.8 Å². The summed E-state index contributed by atoms with van der Waals surface area (Å²) in [6.45, 7) is 22.7. The molecule has 3 aliphatic rings. The molecule has 2 aliphatic carbocycles. The van der Waals surface area contributed by atoms with Crippen LogP contribution in [0.25, 0.3) is 11.2 Å². The summed E-state index contributed by atoms with van der Waals surface area (Å²) in [6, 6.07) is 9.28. The summed E-state index contributed by atoms with van der Waals surface area (Å²) in [5.74, 6) is -2.51. The number of fused-ring (bicyclic) bond motifs is 2. The maximum atomic E-state index is 15.6. The summed E-state index contributed by atoms with van der Waals surface area (Å²) in [4.78, 5) is 73.2. The Bertz CT molecular complexity index is 2920. The number of amidine groups is 1. The summed E-state index contributed by atoms with van der Waals surface area (Å²) >= 11 is 0. The molecule has 3 aromatic heterocycles. The molecular formula is C50H72N9O13P2Si2+. The fraction of sp³-hybridized carbons (Fsp3) is 0.620. The van der Waals surface area contributed by atoms with Crippen LogP contribution in [0, 0.1) is 29.1 Å². The fourth-order valence-corrected chi connectivity index (χ4v) is 13.8. The molecule has 1 amide bonds. The quantitative estimate of drug-likeness (QED) is 0.0303. The van der Waals surface area contributed by atoms with Gasteiger partial charge in [0.15, 0.2) is 45.4 Å². The van der Waals surface area contributed by atoms with Crippen LogP contribution < -0.4 is 5.32 Å². The molecule has 26 heteroatoms. The second-order valence-electron chi connectivity index (χ2n) is 23.1. The van der Waals surface area contributed by atoms with E-state index in [1.807, 2.05) is 38.3 Å². The van der Waals surface area contributed by atoms with Crippen molar-refractivity contribution in [3.63, 3.8) is 0 Å². The van der Waals surface area contributed by atoms with Crippen LogP contribution in [0.3, 0.4) is 0 Å². The highest BCUT2D eigenvalue weighted by Crippen LogP contribution is 2.58. The smallest absolute Gasteiger partial charge is 0.411 e. The Labute approximate surface area is 446 Å².